The van der Waals surface area contributed by atoms with Crippen LogP contribution in [-0.4, -0.2) is 29.9 Å². The van der Waals surface area contributed by atoms with Crippen LogP contribution in [0.2, 0.25) is 0 Å². The average Bonchev–Trinajstić information content (AvgIpc) is 3.00. The van der Waals surface area contributed by atoms with E-state index >= 15 is 0 Å². The van der Waals surface area contributed by atoms with Gasteiger partial charge in [-0.2, -0.15) is 13.2 Å². The van der Waals surface area contributed by atoms with E-state index in [9.17, 15) is 18.0 Å². The van der Waals surface area contributed by atoms with Gasteiger partial charge >= 0.3 is 6.18 Å². The molecule has 1 fully saturated rings. The Labute approximate surface area is 139 Å². The van der Waals surface area contributed by atoms with Crippen molar-refractivity contribution in [3.05, 3.63) is 41.5 Å². The summed E-state index contributed by atoms with van der Waals surface area (Å²) in [4.78, 5) is 14.2. The lowest BCUT2D eigenvalue weighted by molar-refractivity contribution is -0.138. The Morgan fingerprint density at radius 3 is 2.54 bits per heavy atom. The van der Waals surface area contributed by atoms with Crippen molar-refractivity contribution in [2.45, 2.75) is 37.9 Å². The fourth-order valence-electron chi connectivity index (χ4n) is 3.62. The van der Waals surface area contributed by atoms with Crippen molar-refractivity contribution in [1.82, 2.24) is 4.90 Å². The molecule has 0 radical (unpaired) electrons. The number of hydrogen-bond donors (Lipinski definition) is 1. The van der Waals surface area contributed by atoms with Gasteiger partial charge in [-0.15, -0.1) is 0 Å². The third-order valence-electron chi connectivity index (χ3n) is 4.92. The molecule has 1 aliphatic carbocycles. The molecule has 0 saturated heterocycles. The molecule has 3 rings (SSSR count). The molecule has 3 nitrogen and oxygen atoms in total. The van der Waals surface area contributed by atoms with Crippen molar-refractivity contribution < 1.29 is 18.0 Å². The van der Waals surface area contributed by atoms with Gasteiger partial charge in [0, 0.05) is 25.0 Å². The Morgan fingerprint density at radius 2 is 1.96 bits per heavy atom. The Balaban J connectivity index is 1.73. The quantitative estimate of drug-likeness (QED) is 0.898. The molecule has 2 atom stereocenters. The summed E-state index contributed by atoms with van der Waals surface area (Å²) in [5, 5.41) is 0. The molecule has 0 bridgehead atoms. The Morgan fingerprint density at radius 1 is 1.21 bits per heavy atom. The van der Waals surface area contributed by atoms with Crippen LogP contribution in [0.1, 0.15) is 36.8 Å². The van der Waals surface area contributed by atoms with Gasteiger partial charge < -0.3 is 10.6 Å². The van der Waals surface area contributed by atoms with E-state index in [1.165, 1.54) is 12.1 Å². The zero-order chi connectivity index (χ0) is 17.3. The number of alkyl halides is 3. The first-order valence-corrected chi connectivity index (χ1v) is 8.26. The van der Waals surface area contributed by atoms with E-state index in [0.29, 0.717) is 31.5 Å². The van der Waals surface area contributed by atoms with Crippen molar-refractivity contribution in [3.63, 3.8) is 0 Å². The highest BCUT2D eigenvalue weighted by atomic mass is 19.4. The number of carbonyl (C=O) groups is 1. The van der Waals surface area contributed by atoms with Crippen LogP contribution in [0.3, 0.4) is 0 Å². The topological polar surface area (TPSA) is 46.3 Å². The average molecular weight is 338 g/mol. The summed E-state index contributed by atoms with van der Waals surface area (Å²) in [6.45, 7) is 0.828. The number of carbonyl (C=O) groups excluding carboxylic acids is 1. The zero-order valence-corrected chi connectivity index (χ0v) is 13.4. The standard InChI is InChI=1S/C18H21F3N2O/c19-18(20,21)16-4-2-1-3-15(16)12-7-9-23(10-8-12)17(24)13-5-6-14(22)11-13/h1-4,7,13-14H,5-6,8-11,22H2. The maximum absolute atomic E-state index is 13.1. The van der Waals surface area contributed by atoms with Crippen LogP contribution < -0.4 is 5.73 Å². The van der Waals surface area contributed by atoms with Crippen LogP contribution in [-0.2, 0) is 11.0 Å². The maximum Gasteiger partial charge on any atom is 0.416 e. The number of nitrogens with two attached hydrogens (primary N) is 1. The Hall–Kier alpha value is -1.82. The Kier molecular flexibility index (Phi) is 4.67. The number of hydrogen-bond acceptors (Lipinski definition) is 2. The number of rotatable bonds is 2. The van der Waals surface area contributed by atoms with E-state index in [1.807, 2.05) is 0 Å². The molecule has 2 unspecified atom stereocenters. The van der Waals surface area contributed by atoms with E-state index in [1.54, 1.807) is 17.0 Å². The highest BCUT2D eigenvalue weighted by Crippen LogP contribution is 2.37. The molecule has 2 N–H and O–H groups in total. The summed E-state index contributed by atoms with van der Waals surface area (Å²) in [5.41, 5.74) is 6.13. The summed E-state index contributed by atoms with van der Waals surface area (Å²) in [6.07, 6.45) is 0.208. The van der Waals surface area contributed by atoms with Crippen LogP contribution >= 0.6 is 0 Å². The van der Waals surface area contributed by atoms with Crippen LogP contribution in [0.4, 0.5) is 13.2 Å². The first-order valence-electron chi connectivity index (χ1n) is 8.26. The van der Waals surface area contributed by atoms with Crippen LogP contribution in [0.15, 0.2) is 30.3 Å². The molecular formula is C18H21F3N2O. The van der Waals surface area contributed by atoms with Crippen molar-refractivity contribution in [3.8, 4) is 0 Å². The Bertz CT molecular complexity index is 654. The lowest BCUT2D eigenvalue weighted by atomic mass is 9.94. The largest absolute Gasteiger partial charge is 0.416 e. The number of halogens is 3. The smallest absolute Gasteiger partial charge is 0.338 e. The van der Waals surface area contributed by atoms with Gasteiger partial charge in [0.05, 0.1) is 5.56 Å². The van der Waals surface area contributed by atoms with Crippen LogP contribution in [0.25, 0.3) is 5.57 Å². The van der Waals surface area contributed by atoms with E-state index < -0.39 is 11.7 Å². The summed E-state index contributed by atoms with van der Waals surface area (Å²) < 4.78 is 39.4. The van der Waals surface area contributed by atoms with Gasteiger partial charge in [0.15, 0.2) is 0 Å². The maximum atomic E-state index is 13.1. The van der Waals surface area contributed by atoms with E-state index in [-0.39, 0.29) is 23.4 Å². The van der Waals surface area contributed by atoms with Crippen molar-refractivity contribution in [1.29, 1.82) is 0 Å². The molecule has 2 aliphatic rings. The van der Waals surface area contributed by atoms with Crippen molar-refractivity contribution >= 4 is 11.5 Å². The summed E-state index contributed by atoms with van der Waals surface area (Å²) in [5.74, 6) is 0.0553. The molecule has 130 valence electrons. The van der Waals surface area contributed by atoms with E-state index in [2.05, 4.69) is 0 Å². The number of benzene rings is 1. The molecular weight excluding hydrogens is 317 g/mol. The minimum atomic E-state index is -4.37. The second-order valence-electron chi connectivity index (χ2n) is 6.58. The number of nitrogens with zero attached hydrogens (tertiary/aromatic N) is 1. The summed E-state index contributed by atoms with van der Waals surface area (Å²) in [7, 11) is 0. The van der Waals surface area contributed by atoms with Gasteiger partial charge in [0.2, 0.25) is 5.91 Å². The lowest BCUT2D eigenvalue weighted by Gasteiger charge is -2.29. The summed E-state index contributed by atoms with van der Waals surface area (Å²) >= 11 is 0. The zero-order valence-electron chi connectivity index (χ0n) is 13.4. The monoisotopic (exact) mass is 338 g/mol. The minimum Gasteiger partial charge on any atom is -0.338 e. The molecule has 1 heterocycles. The highest BCUT2D eigenvalue weighted by molar-refractivity contribution is 5.81. The normalized spacial score (nSPS) is 24.8. The molecule has 1 saturated carbocycles. The first-order chi connectivity index (χ1) is 11.4. The van der Waals surface area contributed by atoms with Crippen molar-refractivity contribution in [2.75, 3.05) is 13.1 Å². The van der Waals surface area contributed by atoms with E-state index in [0.717, 1.165) is 18.9 Å². The summed E-state index contributed by atoms with van der Waals surface area (Å²) in [6, 6.07) is 5.71. The molecule has 6 heteroatoms. The molecule has 1 amide bonds. The van der Waals surface area contributed by atoms with Gasteiger partial charge in [0.1, 0.15) is 0 Å². The van der Waals surface area contributed by atoms with Crippen LogP contribution in [0.5, 0.6) is 0 Å². The second-order valence-corrected chi connectivity index (χ2v) is 6.58. The van der Waals surface area contributed by atoms with Gasteiger partial charge in [-0.3, -0.25) is 4.79 Å². The van der Waals surface area contributed by atoms with Gasteiger partial charge in [-0.05, 0) is 42.9 Å². The fraction of sp³-hybridized carbons (Fsp3) is 0.500. The molecule has 1 aromatic carbocycles. The van der Waals surface area contributed by atoms with Crippen molar-refractivity contribution in [2.24, 2.45) is 11.7 Å². The molecule has 24 heavy (non-hydrogen) atoms. The molecule has 1 aliphatic heterocycles. The van der Waals surface area contributed by atoms with Gasteiger partial charge in [-0.25, -0.2) is 0 Å². The van der Waals surface area contributed by atoms with E-state index in [4.69, 9.17) is 5.73 Å². The van der Waals surface area contributed by atoms with Gasteiger partial charge in [-0.1, -0.05) is 24.3 Å². The lowest BCUT2D eigenvalue weighted by Crippen LogP contribution is -2.38. The fourth-order valence-corrected chi connectivity index (χ4v) is 3.62. The minimum absolute atomic E-state index is 0.0302. The second kappa shape index (κ2) is 6.59. The van der Waals surface area contributed by atoms with Gasteiger partial charge in [0.25, 0.3) is 0 Å². The SMILES string of the molecule is NC1CCC(C(=O)N2CC=C(c3ccccc3C(F)(F)F)CC2)C1. The first kappa shape index (κ1) is 17.0. The predicted octanol–water partition coefficient (Wildman–Crippen LogP) is 3.45. The third kappa shape index (κ3) is 3.48. The highest BCUT2D eigenvalue weighted by Gasteiger charge is 2.35. The molecule has 1 aromatic rings. The number of amides is 1. The molecule has 0 spiro atoms. The predicted molar refractivity (Wildman–Crippen MR) is 85.9 cm³/mol. The molecule has 0 aromatic heterocycles. The van der Waals surface area contributed by atoms with Crippen LogP contribution in [0, 0.1) is 5.92 Å². The third-order valence-corrected chi connectivity index (χ3v) is 4.92.